The molecule has 0 radical (unpaired) electrons. The SMILES string of the molecule is OCC(O)CO.OC[C@H]1O[C@@](CO)(O[C@H]2O[C@H](CO)[C@@H](O)[C@H](O)[C@H]2O)[C@@H](O)[C@@H]1O. The summed E-state index contributed by atoms with van der Waals surface area (Å²) in [6.45, 7) is -3.05. The van der Waals surface area contributed by atoms with E-state index in [1.807, 2.05) is 0 Å². The maximum atomic E-state index is 10.00. The zero-order valence-corrected chi connectivity index (χ0v) is 15.4. The molecule has 0 saturated carbocycles. The van der Waals surface area contributed by atoms with Crippen molar-refractivity contribution in [3.05, 3.63) is 0 Å². The minimum Gasteiger partial charge on any atom is -0.394 e. The van der Waals surface area contributed by atoms with Crippen molar-refractivity contribution in [3.8, 4) is 0 Å². The second-order valence-corrected chi connectivity index (χ2v) is 6.58. The zero-order valence-electron chi connectivity index (χ0n) is 15.4. The minimum absolute atomic E-state index is 0.365. The lowest BCUT2D eigenvalue weighted by molar-refractivity contribution is -0.383. The van der Waals surface area contributed by atoms with E-state index in [2.05, 4.69) is 0 Å². The molecule has 0 aromatic heterocycles. The van der Waals surface area contributed by atoms with Gasteiger partial charge in [-0.3, -0.25) is 0 Å². The van der Waals surface area contributed by atoms with Gasteiger partial charge in [0.05, 0.1) is 26.4 Å². The van der Waals surface area contributed by atoms with Crippen LogP contribution in [0, 0.1) is 0 Å². The lowest BCUT2D eigenvalue weighted by Crippen LogP contribution is -2.62. The summed E-state index contributed by atoms with van der Waals surface area (Å²) in [5, 5.41) is 101. The molecule has 2 heterocycles. The first kappa shape index (κ1) is 26.5. The van der Waals surface area contributed by atoms with Crippen LogP contribution in [0.5, 0.6) is 0 Å². The van der Waals surface area contributed by atoms with Gasteiger partial charge in [0.25, 0.3) is 0 Å². The molecule has 29 heavy (non-hydrogen) atoms. The lowest BCUT2D eigenvalue weighted by atomic mass is 9.99. The highest BCUT2D eigenvalue weighted by molar-refractivity contribution is 4.98. The molecule has 174 valence electrons. The molecule has 2 aliphatic heterocycles. The van der Waals surface area contributed by atoms with E-state index < -0.39 is 80.7 Å². The summed E-state index contributed by atoms with van der Waals surface area (Å²) in [5.74, 6) is -2.22. The van der Waals surface area contributed by atoms with Gasteiger partial charge in [0.2, 0.25) is 5.79 Å². The van der Waals surface area contributed by atoms with E-state index in [-0.39, 0.29) is 13.2 Å². The van der Waals surface area contributed by atoms with Gasteiger partial charge in [-0.1, -0.05) is 0 Å². The first-order valence-electron chi connectivity index (χ1n) is 8.76. The normalized spacial score (nSPS) is 42.6. The van der Waals surface area contributed by atoms with Crippen LogP contribution in [0.4, 0.5) is 0 Å². The van der Waals surface area contributed by atoms with Gasteiger partial charge in [0.15, 0.2) is 6.29 Å². The molecule has 0 bridgehead atoms. The van der Waals surface area contributed by atoms with E-state index in [1.54, 1.807) is 0 Å². The summed E-state index contributed by atoms with van der Waals surface area (Å²) in [4.78, 5) is 0. The van der Waals surface area contributed by atoms with Crippen molar-refractivity contribution in [3.63, 3.8) is 0 Å². The molecule has 2 fully saturated rings. The third-order valence-corrected chi connectivity index (χ3v) is 4.49. The van der Waals surface area contributed by atoms with E-state index >= 15 is 0 Å². The van der Waals surface area contributed by atoms with Crippen LogP contribution in [0.1, 0.15) is 0 Å². The Balaban J connectivity index is 0.000000612. The first-order chi connectivity index (χ1) is 13.6. The molecular weight excluding hydrogens is 404 g/mol. The van der Waals surface area contributed by atoms with Crippen molar-refractivity contribution in [2.24, 2.45) is 0 Å². The highest BCUT2D eigenvalue weighted by Gasteiger charge is 2.58. The van der Waals surface area contributed by atoms with Crippen LogP contribution in [0.2, 0.25) is 0 Å². The van der Waals surface area contributed by atoms with Gasteiger partial charge in [0.1, 0.15) is 55.4 Å². The zero-order chi connectivity index (χ0) is 22.4. The van der Waals surface area contributed by atoms with Gasteiger partial charge in [-0.05, 0) is 0 Å². The van der Waals surface area contributed by atoms with Crippen LogP contribution in [0.15, 0.2) is 0 Å². The quantitative estimate of drug-likeness (QED) is 0.178. The topological polar surface area (TPSA) is 250 Å². The van der Waals surface area contributed by atoms with Crippen molar-refractivity contribution in [2.75, 3.05) is 33.0 Å². The molecule has 0 spiro atoms. The minimum atomic E-state index is -2.22. The van der Waals surface area contributed by atoms with Crippen LogP contribution in [0.3, 0.4) is 0 Å². The van der Waals surface area contributed by atoms with Gasteiger partial charge in [-0.2, -0.15) is 0 Å². The Morgan fingerprint density at radius 2 is 1.31 bits per heavy atom. The van der Waals surface area contributed by atoms with Crippen molar-refractivity contribution >= 4 is 0 Å². The van der Waals surface area contributed by atoms with Crippen molar-refractivity contribution < 1.29 is 70.4 Å². The smallest absolute Gasteiger partial charge is 0.224 e. The summed E-state index contributed by atoms with van der Waals surface area (Å²) < 4.78 is 15.4. The third kappa shape index (κ3) is 5.99. The molecule has 2 aliphatic rings. The van der Waals surface area contributed by atoms with E-state index in [0.29, 0.717) is 0 Å². The summed E-state index contributed by atoms with van der Waals surface area (Å²) in [6, 6.07) is 0. The Morgan fingerprint density at radius 1 is 0.759 bits per heavy atom. The summed E-state index contributed by atoms with van der Waals surface area (Å²) in [7, 11) is 0. The third-order valence-electron chi connectivity index (χ3n) is 4.49. The van der Waals surface area contributed by atoms with E-state index in [0.717, 1.165) is 0 Å². The van der Waals surface area contributed by atoms with E-state index in [1.165, 1.54) is 0 Å². The van der Waals surface area contributed by atoms with Crippen LogP contribution >= 0.6 is 0 Å². The molecule has 11 N–H and O–H groups in total. The Morgan fingerprint density at radius 3 is 1.69 bits per heavy atom. The summed E-state index contributed by atoms with van der Waals surface area (Å²) in [6.07, 6.45) is -13.6. The predicted octanol–water partition coefficient (Wildman–Crippen LogP) is -7.06. The van der Waals surface area contributed by atoms with E-state index in [9.17, 15) is 30.6 Å². The average Bonchev–Trinajstić information content (AvgIpc) is 2.98. The molecule has 2 rings (SSSR count). The summed E-state index contributed by atoms with van der Waals surface area (Å²) >= 11 is 0. The number of ether oxygens (including phenoxy) is 3. The summed E-state index contributed by atoms with van der Waals surface area (Å²) in [5.41, 5.74) is 0. The maximum Gasteiger partial charge on any atom is 0.224 e. The monoisotopic (exact) mass is 434 g/mol. The van der Waals surface area contributed by atoms with Gasteiger partial charge in [-0.15, -0.1) is 0 Å². The Bertz CT molecular complexity index is 462. The number of hydrogen-bond acceptors (Lipinski definition) is 14. The molecule has 0 aromatic rings. The molecule has 9 atom stereocenters. The molecule has 2 saturated heterocycles. The predicted molar refractivity (Wildman–Crippen MR) is 88.8 cm³/mol. The molecule has 0 amide bonds. The second-order valence-electron chi connectivity index (χ2n) is 6.58. The number of aliphatic hydroxyl groups is 11. The average molecular weight is 434 g/mol. The van der Waals surface area contributed by atoms with Gasteiger partial charge in [0, 0.05) is 0 Å². The van der Waals surface area contributed by atoms with Gasteiger partial charge >= 0.3 is 0 Å². The number of hydrogen-bond donors (Lipinski definition) is 11. The Kier molecular flexibility index (Phi) is 10.7. The molecular formula is C15H30O14. The highest BCUT2D eigenvalue weighted by Crippen LogP contribution is 2.35. The number of aliphatic hydroxyl groups excluding tert-OH is 11. The Labute approximate surface area is 165 Å². The number of rotatable bonds is 7. The molecule has 0 aromatic carbocycles. The van der Waals surface area contributed by atoms with Gasteiger partial charge in [-0.25, -0.2) is 0 Å². The maximum absolute atomic E-state index is 10.00. The van der Waals surface area contributed by atoms with Crippen molar-refractivity contribution in [2.45, 2.75) is 60.9 Å². The van der Waals surface area contributed by atoms with Gasteiger partial charge < -0.3 is 70.4 Å². The van der Waals surface area contributed by atoms with Crippen LogP contribution in [-0.4, -0.2) is 150 Å². The molecule has 0 unspecified atom stereocenters. The van der Waals surface area contributed by atoms with Crippen molar-refractivity contribution in [1.82, 2.24) is 0 Å². The molecule has 14 nitrogen and oxygen atoms in total. The van der Waals surface area contributed by atoms with Crippen LogP contribution in [-0.2, 0) is 14.2 Å². The molecule has 0 aliphatic carbocycles. The largest absolute Gasteiger partial charge is 0.394 e. The fourth-order valence-corrected chi connectivity index (χ4v) is 2.69. The van der Waals surface area contributed by atoms with Crippen molar-refractivity contribution in [1.29, 1.82) is 0 Å². The Hall–Kier alpha value is -0.560. The van der Waals surface area contributed by atoms with Crippen LogP contribution in [0.25, 0.3) is 0 Å². The van der Waals surface area contributed by atoms with Crippen LogP contribution < -0.4 is 0 Å². The fourth-order valence-electron chi connectivity index (χ4n) is 2.69. The highest BCUT2D eigenvalue weighted by atomic mass is 16.8. The van der Waals surface area contributed by atoms with E-state index in [4.69, 9.17) is 39.7 Å². The fraction of sp³-hybridized carbons (Fsp3) is 1.00. The molecule has 14 heteroatoms. The second kappa shape index (κ2) is 11.7. The standard InChI is InChI=1S/C12H22O11.C3H8O3/c13-1-4-6(16)8(18)9(19)11(21-4)23-12(3-15)10(20)7(17)5(2-14)22-12;4-1-3(6)2-5/h4-11,13-20H,1-3H2;3-6H,1-2H2/t4-,5-,6-,7-,8+,9-,10+,11-,12+;/m1./s1. The lowest BCUT2D eigenvalue weighted by Gasteiger charge is -2.43. The first-order valence-corrected chi connectivity index (χ1v) is 8.76.